The highest BCUT2D eigenvalue weighted by molar-refractivity contribution is 5.54. The van der Waals surface area contributed by atoms with Crippen molar-refractivity contribution in [2.45, 2.75) is 25.4 Å². The third kappa shape index (κ3) is 3.24. The molecule has 3 rings (SSSR count). The van der Waals surface area contributed by atoms with Crippen molar-refractivity contribution in [3.05, 3.63) is 35.7 Å². The van der Waals surface area contributed by atoms with Crippen molar-refractivity contribution in [1.29, 1.82) is 0 Å². The molecular weight excluding hydrogens is 307 g/mol. The number of nitrogens with zero attached hydrogens (tertiary/aromatic N) is 3. The summed E-state index contributed by atoms with van der Waals surface area (Å²) in [6, 6.07) is 7.62. The molecule has 0 radical (unpaired) electrons. The summed E-state index contributed by atoms with van der Waals surface area (Å²) in [4.78, 5) is 5.85. The number of alkyl halides is 3. The molecule has 1 saturated heterocycles. The van der Waals surface area contributed by atoms with Gasteiger partial charge in [-0.3, -0.25) is 0 Å². The third-order valence-corrected chi connectivity index (χ3v) is 4.30. The van der Waals surface area contributed by atoms with Crippen LogP contribution >= 0.6 is 0 Å². The summed E-state index contributed by atoms with van der Waals surface area (Å²) in [5, 5.41) is 3.86. The first kappa shape index (κ1) is 16.0. The fourth-order valence-electron chi connectivity index (χ4n) is 2.97. The second kappa shape index (κ2) is 5.96. The molecule has 1 aliphatic rings. The average Bonchev–Trinajstić information content (AvgIpc) is 3.13. The van der Waals surface area contributed by atoms with E-state index in [4.69, 9.17) is 4.52 Å². The zero-order valence-electron chi connectivity index (χ0n) is 13.0. The van der Waals surface area contributed by atoms with E-state index in [0.29, 0.717) is 5.82 Å². The third-order valence-electron chi connectivity index (χ3n) is 4.30. The Hall–Kier alpha value is -1.89. The number of rotatable bonds is 3. The van der Waals surface area contributed by atoms with Crippen LogP contribution in [0.1, 0.15) is 24.3 Å². The number of hydrogen-bond acceptors (Lipinski definition) is 4. The van der Waals surface area contributed by atoms with Crippen molar-refractivity contribution in [3.63, 3.8) is 0 Å². The molecule has 0 amide bonds. The predicted molar refractivity (Wildman–Crippen MR) is 78.9 cm³/mol. The first-order chi connectivity index (χ1) is 10.9. The van der Waals surface area contributed by atoms with Crippen molar-refractivity contribution in [2.75, 3.05) is 20.1 Å². The molecule has 0 bridgehead atoms. The van der Waals surface area contributed by atoms with E-state index in [0.717, 1.165) is 12.0 Å². The molecule has 1 aliphatic heterocycles. The molecule has 2 aromatic rings. The molecule has 124 valence electrons. The van der Waals surface area contributed by atoms with Crippen molar-refractivity contribution in [3.8, 4) is 11.4 Å². The minimum atomic E-state index is -4.27. The Bertz CT molecular complexity index is 666. The van der Waals surface area contributed by atoms with Gasteiger partial charge in [-0.2, -0.15) is 18.2 Å². The van der Waals surface area contributed by atoms with Crippen LogP contribution in [0.5, 0.6) is 0 Å². The maximum absolute atomic E-state index is 13.2. The topological polar surface area (TPSA) is 42.2 Å². The molecule has 7 heteroatoms. The van der Waals surface area contributed by atoms with E-state index in [-0.39, 0.29) is 19.0 Å². The zero-order chi connectivity index (χ0) is 16.6. The van der Waals surface area contributed by atoms with Crippen LogP contribution < -0.4 is 0 Å². The lowest BCUT2D eigenvalue weighted by atomic mass is 9.95. The SMILES string of the molecule is CCc1ccc(-c2noc(C3CN(C)CC3C(F)(F)F)n2)cc1. The number of aryl methyl sites for hydroxylation is 1. The van der Waals surface area contributed by atoms with Gasteiger partial charge in [-0.05, 0) is 19.0 Å². The van der Waals surface area contributed by atoms with Crippen LogP contribution in [-0.2, 0) is 6.42 Å². The molecule has 1 aromatic heterocycles. The number of likely N-dealkylation sites (tertiary alicyclic amines) is 1. The fraction of sp³-hybridized carbons (Fsp3) is 0.500. The zero-order valence-corrected chi connectivity index (χ0v) is 13.0. The van der Waals surface area contributed by atoms with Gasteiger partial charge >= 0.3 is 6.18 Å². The lowest BCUT2D eigenvalue weighted by Gasteiger charge is -2.18. The number of likely N-dealkylation sites (N-methyl/N-ethyl adjacent to an activating group) is 1. The highest BCUT2D eigenvalue weighted by Crippen LogP contribution is 2.42. The summed E-state index contributed by atoms with van der Waals surface area (Å²) in [5.74, 6) is -1.89. The Morgan fingerprint density at radius 3 is 2.52 bits per heavy atom. The molecule has 4 nitrogen and oxygen atoms in total. The minimum absolute atomic E-state index is 0.0446. The summed E-state index contributed by atoms with van der Waals surface area (Å²) in [6.07, 6.45) is -3.35. The molecule has 23 heavy (non-hydrogen) atoms. The molecule has 2 unspecified atom stereocenters. The summed E-state index contributed by atoms with van der Waals surface area (Å²) in [5.41, 5.74) is 1.92. The smallest absolute Gasteiger partial charge is 0.339 e. The van der Waals surface area contributed by atoms with Gasteiger partial charge in [-0.15, -0.1) is 0 Å². The van der Waals surface area contributed by atoms with Gasteiger partial charge < -0.3 is 9.42 Å². The molecule has 0 N–H and O–H groups in total. The van der Waals surface area contributed by atoms with Crippen LogP contribution in [0.3, 0.4) is 0 Å². The molecule has 1 fully saturated rings. The highest BCUT2D eigenvalue weighted by atomic mass is 19.4. The number of benzene rings is 1. The Morgan fingerprint density at radius 2 is 1.91 bits per heavy atom. The Kier molecular flexibility index (Phi) is 4.14. The average molecular weight is 325 g/mol. The van der Waals surface area contributed by atoms with Gasteiger partial charge in [0, 0.05) is 18.7 Å². The number of halogens is 3. The molecule has 0 aliphatic carbocycles. The van der Waals surface area contributed by atoms with E-state index in [1.807, 2.05) is 24.3 Å². The van der Waals surface area contributed by atoms with Crippen LogP contribution in [0.4, 0.5) is 13.2 Å². The second-order valence-corrected chi connectivity index (χ2v) is 5.98. The summed E-state index contributed by atoms with van der Waals surface area (Å²) >= 11 is 0. The first-order valence-electron chi connectivity index (χ1n) is 7.56. The second-order valence-electron chi connectivity index (χ2n) is 5.98. The van der Waals surface area contributed by atoms with E-state index in [1.165, 1.54) is 5.56 Å². The maximum Gasteiger partial charge on any atom is 0.393 e. The quantitative estimate of drug-likeness (QED) is 0.866. The highest BCUT2D eigenvalue weighted by Gasteiger charge is 2.51. The van der Waals surface area contributed by atoms with Gasteiger partial charge in [-0.1, -0.05) is 36.3 Å². The van der Waals surface area contributed by atoms with E-state index >= 15 is 0 Å². The first-order valence-corrected chi connectivity index (χ1v) is 7.56. The Balaban J connectivity index is 1.85. The van der Waals surface area contributed by atoms with Gasteiger partial charge in [0.1, 0.15) is 0 Å². The largest absolute Gasteiger partial charge is 0.393 e. The van der Waals surface area contributed by atoms with Crippen LogP contribution in [0.2, 0.25) is 0 Å². The molecular formula is C16H18F3N3O. The summed E-state index contributed by atoms with van der Waals surface area (Å²) in [6.45, 7) is 2.27. The predicted octanol–water partition coefficient (Wildman–Crippen LogP) is 3.51. The van der Waals surface area contributed by atoms with E-state index < -0.39 is 18.0 Å². The Labute approximate surface area is 132 Å². The molecule has 0 spiro atoms. The number of aromatic nitrogens is 2. The molecule has 2 atom stereocenters. The van der Waals surface area contributed by atoms with Crippen LogP contribution in [0.15, 0.2) is 28.8 Å². The van der Waals surface area contributed by atoms with Gasteiger partial charge in [0.15, 0.2) is 0 Å². The molecule has 0 saturated carbocycles. The van der Waals surface area contributed by atoms with Crippen LogP contribution in [0, 0.1) is 5.92 Å². The van der Waals surface area contributed by atoms with Crippen molar-refractivity contribution >= 4 is 0 Å². The lowest BCUT2D eigenvalue weighted by molar-refractivity contribution is -0.175. The monoisotopic (exact) mass is 325 g/mol. The molecule has 1 aromatic carbocycles. The normalized spacial score (nSPS) is 22.7. The van der Waals surface area contributed by atoms with E-state index in [1.54, 1.807) is 11.9 Å². The van der Waals surface area contributed by atoms with Crippen molar-refractivity contribution in [1.82, 2.24) is 15.0 Å². The Morgan fingerprint density at radius 1 is 1.22 bits per heavy atom. The summed E-state index contributed by atoms with van der Waals surface area (Å²) < 4.78 is 44.6. The standard InChI is InChI=1S/C16H18F3N3O/c1-3-10-4-6-11(7-5-10)14-20-15(23-21-14)12-8-22(2)9-13(12)16(17,18)19/h4-7,12-13H,3,8-9H2,1-2H3. The maximum atomic E-state index is 13.2. The van der Waals surface area contributed by atoms with Crippen LogP contribution in [-0.4, -0.2) is 41.4 Å². The minimum Gasteiger partial charge on any atom is -0.339 e. The van der Waals surface area contributed by atoms with E-state index in [2.05, 4.69) is 17.1 Å². The van der Waals surface area contributed by atoms with E-state index in [9.17, 15) is 13.2 Å². The van der Waals surface area contributed by atoms with Crippen molar-refractivity contribution in [2.24, 2.45) is 5.92 Å². The van der Waals surface area contributed by atoms with Gasteiger partial charge in [-0.25, -0.2) is 0 Å². The number of hydrogen-bond donors (Lipinski definition) is 0. The molecule has 2 heterocycles. The summed E-state index contributed by atoms with van der Waals surface area (Å²) in [7, 11) is 1.67. The van der Waals surface area contributed by atoms with Crippen LogP contribution in [0.25, 0.3) is 11.4 Å². The van der Waals surface area contributed by atoms with Gasteiger partial charge in [0.05, 0.1) is 11.8 Å². The fourth-order valence-corrected chi connectivity index (χ4v) is 2.97. The van der Waals surface area contributed by atoms with Gasteiger partial charge in [0.2, 0.25) is 11.7 Å². The van der Waals surface area contributed by atoms with Crippen molar-refractivity contribution < 1.29 is 17.7 Å². The van der Waals surface area contributed by atoms with Gasteiger partial charge in [0.25, 0.3) is 0 Å². The lowest BCUT2D eigenvalue weighted by Crippen LogP contribution is -2.29.